The first-order valence-corrected chi connectivity index (χ1v) is 2.30. The molecule has 0 unspecified atom stereocenters. The maximum absolute atomic E-state index is 9.75. The largest absolute Gasteiger partial charge is 1.00 e. The van der Waals surface area contributed by atoms with Crippen molar-refractivity contribution in [2.24, 2.45) is 0 Å². The van der Waals surface area contributed by atoms with Crippen molar-refractivity contribution in [3.8, 4) is 0 Å². The van der Waals surface area contributed by atoms with E-state index in [1.807, 2.05) is 0 Å². The van der Waals surface area contributed by atoms with Crippen LogP contribution in [0.2, 0.25) is 0 Å². The third-order valence-electron chi connectivity index (χ3n) is 0.333. The van der Waals surface area contributed by atoms with E-state index in [2.05, 4.69) is 9.47 Å². The van der Waals surface area contributed by atoms with Crippen molar-refractivity contribution in [1.82, 2.24) is 0 Å². The zero-order valence-electron chi connectivity index (χ0n) is 6.81. The molecule has 0 aliphatic rings. The van der Waals surface area contributed by atoms with Crippen molar-refractivity contribution < 1.29 is 50.4 Å². The predicted molar refractivity (Wildman–Crippen MR) is 29.6 cm³/mol. The smallest absolute Gasteiger partial charge is 0.438 e. The molecule has 12 heavy (non-hydrogen) atoms. The fraction of sp³-hybridized carbons (Fsp3) is 0.667. The molecule has 9 heteroatoms. The van der Waals surface area contributed by atoms with E-state index in [1.54, 1.807) is 0 Å². The van der Waals surface area contributed by atoms with Gasteiger partial charge in [0.05, 0.1) is 14.2 Å². The van der Waals surface area contributed by atoms with E-state index < -0.39 is 13.4 Å². The fourth-order valence-electron chi connectivity index (χ4n) is 0.0833. The van der Waals surface area contributed by atoms with Crippen LogP contribution in [-0.2, 0) is 9.47 Å². The molecule has 0 spiro atoms. The van der Waals surface area contributed by atoms with Crippen molar-refractivity contribution in [2.75, 3.05) is 14.2 Å². The van der Waals surface area contributed by atoms with Gasteiger partial charge in [-0.25, -0.2) is 4.79 Å². The number of ether oxygens (including phenoxy) is 2. The van der Waals surface area contributed by atoms with Gasteiger partial charge in [-0.2, -0.15) is 0 Å². The molecule has 0 aromatic rings. The summed E-state index contributed by atoms with van der Waals surface area (Å²) in [5.74, 6) is 0. The first kappa shape index (κ1) is 17.7. The van der Waals surface area contributed by atoms with Crippen LogP contribution in [0.1, 0.15) is 0 Å². The van der Waals surface area contributed by atoms with E-state index in [1.165, 1.54) is 14.2 Å². The molecule has 0 atom stereocenters. The minimum atomic E-state index is -6.00. The monoisotopic (exact) mass is 184 g/mol. The Hall–Kier alpha value is -0.348. The van der Waals surface area contributed by atoms with Crippen molar-refractivity contribution in [2.45, 2.75) is 0 Å². The molecular weight excluding hydrogens is 178 g/mol. The summed E-state index contributed by atoms with van der Waals surface area (Å²) in [5.41, 5.74) is 0. The first-order chi connectivity index (χ1) is 4.81. The molecule has 0 fully saturated rings. The second kappa shape index (κ2) is 8.75. The molecule has 68 valence electrons. The van der Waals surface area contributed by atoms with Gasteiger partial charge in [0, 0.05) is 0 Å². The summed E-state index contributed by atoms with van der Waals surface area (Å²) >= 11 is 0. The minimum absolute atomic E-state index is 0. The molecule has 0 amide bonds. The number of methoxy groups -OCH3 is 2. The van der Waals surface area contributed by atoms with E-state index in [0.717, 1.165) is 0 Å². The summed E-state index contributed by atoms with van der Waals surface area (Å²) in [4.78, 5) is 9.74. The SMILES string of the molecule is COC(=O)OC.F[B-](F)(F)F.[Li+]. The van der Waals surface area contributed by atoms with Crippen molar-refractivity contribution >= 4 is 13.4 Å². The molecule has 0 aromatic carbocycles. The molecule has 0 bridgehead atoms. The van der Waals surface area contributed by atoms with Crippen LogP contribution in [0.5, 0.6) is 0 Å². The topological polar surface area (TPSA) is 35.5 Å². The summed E-state index contributed by atoms with van der Waals surface area (Å²) in [6.45, 7) is 0. The molecular formula is C3H6BF4LiO3. The summed E-state index contributed by atoms with van der Waals surface area (Å²) < 4.78 is 47.1. The number of halogens is 4. The maximum atomic E-state index is 9.75. The van der Waals surface area contributed by atoms with Crippen LogP contribution in [-0.4, -0.2) is 27.6 Å². The normalized spacial score (nSPS) is 8.50. The van der Waals surface area contributed by atoms with Gasteiger partial charge in [-0.1, -0.05) is 0 Å². The molecule has 3 nitrogen and oxygen atoms in total. The summed E-state index contributed by atoms with van der Waals surface area (Å²) in [7, 11) is -3.49. The predicted octanol–water partition coefficient (Wildman–Crippen LogP) is -1.30. The van der Waals surface area contributed by atoms with Crippen LogP contribution in [0.4, 0.5) is 22.1 Å². The zero-order valence-corrected chi connectivity index (χ0v) is 6.81. The number of rotatable bonds is 0. The van der Waals surface area contributed by atoms with Crippen LogP contribution >= 0.6 is 0 Å². The third-order valence-corrected chi connectivity index (χ3v) is 0.333. The fourth-order valence-corrected chi connectivity index (χ4v) is 0.0833. The van der Waals surface area contributed by atoms with Crippen LogP contribution in [0.25, 0.3) is 0 Å². The quantitative estimate of drug-likeness (QED) is 0.266. The van der Waals surface area contributed by atoms with Crippen LogP contribution in [0.3, 0.4) is 0 Å². The average molecular weight is 184 g/mol. The van der Waals surface area contributed by atoms with E-state index in [0.29, 0.717) is 0 Å². The Balaban J connectivity index is -0.000000126. The van der Waals surface area contributed by atoms with Gasteiger partial charge in [-0.05, 0) is 0 Å². The van der Waals surface area contributed by atoms with Crippen molar-refractivity contribution in [1.29, 1.82) is 0 Å². The molecule has 0 radical (unpaired) electrons. The van der Waals surface area contributed by atoms with Gasteiger partial charge < -0.3 is 26.7 Å². The van der Waals surface area contributed by atoms with Gasteiger partial charge >= 0.3 is 32.3 Å². The van der Waals surface area contributed by atoms with Gasteiger partial charge in [0.1, 0.15) is 0 Å². The molecule has 0 saturated heterocycles. The standard InChI is InChI=1S/C3H6O3.BF4.Li/c1-5-3(4)6-2;2-1(3,4)5;/h1-2H3;;/q;-1;+1. The van der Waals surface area contributed by atoms with E-state index >= 15 is 0 Å². The minimum Gasteiger partial charge on any atom is -0.438 e. The Morgan fingerprint density at radius 3 is 1.25 bits per heavy atom. The maximum Gasteiger partial charge on any atom is 1.00 e. The second-order valence-corrected chi connectivity index (χ2v) is 1.15. The molecule has 0 rings (SSSR count). The Morgan fingerprint density at radius 2 is 1.25 bits per heavy atom. The van der Waals surface area contributed by atoms with E-state index in [9.17, 15) is 22.1 Å². The van der Waals surface area contributed by atoms with Gasteiger partial charge in [0.15, 0.2) is 0 Å². The molecule has 0 heterocycles. The molecule has 0 aliphatic heterocycles. The number of carbonyl (C=O) groups is 1. The average Bonchev–Trinajstić information content (AvgIpc) is 1.83. The second-order valence-electron chi connectivity index (χ2n) is 1.15. The Labute approximate surface area is 78.7 Å². The first-order valence-electron chi connectivity index (χ1n) is 2.30. The Kier molecular flexibility index (Phi) is 12.9. The number of hydrogen-bond acceptors (Lipinski definition) is 3. The molecule has 0 aliphatic carbocycles. The van der Waals surface area contributed by atoms with Crippen molar-refractivity contribution in [3.05, 3.63) is 0 Å². The van der Waals surface area contributed by atoms with Crippen LogP contribution < -0.4 is 18.9 Å². The summed E-state index contributed by atoms with van der Waals surface area (Å²) in [6.07, 6.45) is -0.657. The summed E-state index contributed by atoms with van der Waals surface area (Å²) in [5, 5.41) is 0. The Bertz CT molecular complexity index is 107. The van der Waals surface area contributed by atoms with Gasteiger partial charge in [-0.15, -0.1) is 0 Å². The van der Waals surface area contributed by atoms with Crippen molar-refractivity contribution in [3.63, 3.8) is 0 Å². The van der Waals surface area contributed by atoms with E-state index in [4.69, 9.17) is 0 Å². The van der Waals surface area contributed by atoms with Crippen LogP contribution in [0, 0.1) is 0 Å². The summed E-state index contributed by atoms with van der Waals surface area (Å²) in [6, 6.07) is 0. The van der Waals surface area contributed by atoms with Gasteiger partial charge in [0.2, 0.25) is 0 Å². The van der Waals surface area contributed by atoms with Crippen LogP contribution in [0.15, 0.2) is 0 Å². The number of carbonyl (C=O) groups excluding carboxylic acids is 1. The van der Waals surface area contributed by atoms with Gasteiger partial charge in [0.25, 0.3) is 0 Å². The molecule has 0 N–H and O–H groups in total. The van der Waals surface area contributed by atoms with Gasteiger partial charge in [-0.3, -0.25) is 0 Å². The zero-order chi connectivity index (χ0) is 9.49. The Morgan fingerprint density at radius 1 is 1.08 bits per heavy atom. The van der Waals surface area contributed by atoms with E-state index in [-0.39, 0.29) is 18.9 Å². The molecule has 0 saturated carbocycles. The molecule has 0 aromatic heterocycles. The third kappa shape index (κ3) is 54.2. The number of hydrogen-bond donors (Lipinski definition) is 0.